The van der Waals surface area contributed by atoms with Crippen LogP contribution in [0.25, 0.3) is 11.5 Å². The molecule has 0 spiro atoms. The third kappa shape index (κ3) is 2.84. The molecule has 0 saturated heterocycles. The normalized spacial score (nSPS) is 11.5. The van der Waals surface area contributed by atoms with Crippen LogP contribution in [0, 0.1) is 6.92 Å². The highest BCUT2D eigenvalue weighted by Crippen LogP contribution is 2.25. The molecular formula is C16H12BrNO3S. The molecular weight excluding hydrogens is 366 g/mol. The van der Waals surface area contributed by atoms with Gasteiger partial charge in [0.15, 0.2) is 5.03 Å². The van der Waals surface area contributed by atoms with E-state index in [1.807, 2.05) is 19.1 Å². The zero-order valence-electron chi connectivity index (χ0n) is 11.7. The summed E-state index contributed by atoms with van der Waals surface area (Å²) in [4.78, 5) is 4.31. The van der Waals surface area contributed by atoms with E-state index in [0.29, 0.717) is 5.56 Å². The first kappa shape index (κ1) is 15.0. The van der Waals surface area contributed by atoms with Crippen LogP contribution in [0.2, 0.25) is 0 Å². The first-order chi connectivity index (χ1) is 10.5. The van der Waals surface area contributed by atoms with Gasteiger partial charge >= 0.3 is 0 Å². The second-order valence-corrected chi connectivity index (χ2v) is 7.63. The second-order valence-electron chi connectivity index (χ2n) is 4.81. The van der Waals surface area contributed by atoms with E-state index in [1.165, 1.54) is 6.26 Å². The molecule has 3 rings (SSSR count). The summed E-state index contributed by atoms with van der Waals surface area (Å²) in [5.74, 6) is 0.276. The van der Waals surface area contributed by atoms with Crippen LogP contribution in [-0.4, -0.2) is 13.4 Å². The molecule has 0 atom stereocenters. The molecule has 0 N–H and O–H groups in total. The number of aromatic nitrogens is 1. The molecule has 1 heterocycles. The van der Waals surface area contributed by atoms with Crippen molar-refractivity contribution in [2.75, 3.05) is 0 Å². The Bertz CT molecular complexity index is 897. The fourth-order valence-corrected chi connectivity index (χ4v) is 3.32. The number of nitrogens with zero attached hydrogens (tertiary/aromatic N) is 1. The van der Waals surface area contributed by atoms with Crippen LogP contribution in [0.1, 0.15) is 5.56 Å². The van der Waals surface area contributed by atoms with E-state index >= 15 is 0 Å². The summed E-state index contributed by atoms with van der Waals surface area (Å²) >= 11 is 3.34. The molecule has 0 unspecified atom stereocenters. The molecule has 2 aromatic carbocycles. The summed E-state index contributed by atoms with van der Waals surface area (Å²) in [6.45, 7) is 1.90. The Morgan fingerprint density at radius 1 is 1.00 bits per heavy atom. The number of sulfone groups is 1. The molecule has 0 radical (unpaired) electrons. The summed E-state index contributed by atoms with van der Waals surface area (Å²) in [7, 11) is -3.67. The largest absolute Gasteiger partial charge is 0.443 e. The summed E-state index contributed by atoms with van der Waals surface area (Å²) in [6, 6.07) is 13.9. The molecule has 1 aromatic heterocycles. The summed E-state index contributed by atoms with van der Waals surface area (Å²) < 4.78 is 31.3. The number of hydrogen-bond donors (Lipinski definition) is 0. The Morgan fingerprint density at radius 3 is 2.27 bits per heavy atom. The minimum Gasteiger partial charge on any atom is -0.443 e. The smallest absolute Gasteiger partial charge is 0.227 e. The maximum atomic E-state index is 12.5. The van der Waals surface area contributed by atoms with E-state index in [-0.39, 0.29) is 15.8 Å². The van der Waals surface area contributed by atoms with Crippen LogP contribution in [0.15, 0.2) is 73.6 Å². The van der Waals surface area contributed by atoms with Gasteiger partial charge in [-0.3, -0.25) is 0 Å². The Hall–Kier alpha value is -1.92. The molecule has 6 heteroatoms. The lowest BCUT2D eigenvalue weighted by Gasteiger charge is -2.00. The molecule has 112 valence electrons. The fraction of sp³-hybridized carbons (Fsp3) is 0.0625. The lowest BCUT2D eigenvalue weighted by atomic mass is 10.2. The molecule has 0 aliphatic rings. The zero-order valence-corrected chi connectivity index (χ0v) is 14.1. The summed E-state index contributed by atoms with van der Waals surface area (Å²) in [6.07, 6.45) is 1.17. The fourth-order valence-electron chi connectivity index (χ4n) is 1.95. The molecule has 3 aromatic rings. The van der Waals surface area contributed by atoms with Crippen LogP contribution >= 0.6 is 15.9 Å². The van der Waals surface area contributed by atoms with Crippen LogP contribution in [0.4, 0.5) is 0 Å². The molecule has 0 fully saturated rings. The van der Waals surface area contributed by atoms with Crippen molar-refractivity contribution < 1.29 is 12.8 Å². The SMILES string of the molecule is Cc1ccc(S(=O)(=O)c2coc(-c3ccc(Br)cc3)n2)cc1. The highest BCUT2D eigenvalue weighted by molar-refractivity contribution is 9.10. The predicted octanol–water partition coefficient (Wildman–Crippen LogP) is 4.25. The van der Waals surface area contributed by atoms with Crippen molar-refractivity contribution in [3.63, 3.8) is 0 Å². The molecule has 0 amide bonds. The Labute approximate surface area is 136 Å². The zero-order chi connectivity index (χ0) is 15.7. The van der Waals surface area contributed by atoms with Crippen LogP contribution in [-0.2, 0) is 9.84 Å². The quantitative estimate of drug-likeness (QED) is 0.684. The van der Waals surface area contributed by atoms with Gasteiger partial charge in [0, 0.05) is 10.0 Å². The van der Waals surface area contributed by atoms with Crippen molar-refractivity contribution in [1.29, 1.82) is 0 Å². The number of halogens is 1. The van der Waals surface area contributed by atoms with Gasteiger partial charge in [-0.05, 0) is 43.3 Å². The highest BCUT2D eigenvalue weighted by atomic mass is 79.9. The van der Waals surface area contributed by atoms with Gasteiger partial charge in [0.25, 0.3) is 0 Å². The van der Waals surface area contributed by atoms with Crippen molar-refractivity contribution in [2.24, 2.45) is 0 Å². The van der Waals surface area contributed by atoms with E-state index in [1.54, 1.807) is 36.4 Å². The average Bonchev–Trinajstić information content (AvgIpc) is 2.99. The molecule has 0 saturated carbocycles. The van der Waals surface area contributed by atoms with Crippen molar-refractivity contribution >= 4 is 25.8 Å². The molecule has 22 heavy (non-hydrogen) atoms. The third-order valence-corrected chi connectivity index (χ3v) is 5.34. The van der Waals surface area contributed by atoms with E-state index in [2.05, 4.69) is 20.9 Å². The van der Waals surface area contributed by atoms with E-state index in [0.717, 1.165) is 10.0 Å². The van der Waals surface area contributed by atoms with Gasteiger partial charge in [-0.25, -0.2) is 8.42 Å². The van der Waals surface area contributed by atoms with Gasteiger partial charge in [0.2, 0.25) is 15.7 Å². The Balaban J connectivity index is 1.99. The summed E-state index contributed by atoms with van der Waals surface area (Å²) in [5.41, 5.74) is 1.71. The summed E-state index contributed by atoms with van der Waals surface area (Å²) in [5, 5.41) is -0.0886. The predicted molar refractivity (Wildman–Crippen MR) is 86.3 cm³/mol. The van der Waals surface area contributed by atoms with Gasteiger partial charge in [-0.1, -0.05) is 33.6 Å². The molecule has 0 aliphatic carbocycles. The van der Waals surface area contributed by atoms with Gasteiger partial charge in [-0.15, -0.1) is 0 Å². The van der Waals surface area contributed by atoms with E-state index in [4.69, 9.17) is 4.42 Å². The van der Waals surface area contributed by atoms with Crippen LogP contribution in [0.5, 0.6) is 0 Å². The van der Waals surface area contributed by atoms with Crippen molar-refractivity contribution in [1.82, 2.24) is 4.98 Å². The monoisotopic (exact) mass is 377 g/mol. The van der Waals surface area contributed by atoms with Gasteiger partial charge in [0.1, 0.15) is 6.26 Å². The van der Waals surface area contributed by atoms with E-state index in [9.17, 15) is 8.42 Å². The first-order valence-electron chi connectivity index (χ1n) is 6.50. The molecule has 0 bridgehead atoms. The Kier molecular flexibility index (Phi) is 3.88. The average molecular weight is 378 g/mol. The first-order valence-corrected chi connectivity index (χ1v) is 8.78. The second kappa shape index (κ2) is 5.70. The molecule has 0 aliphatic heterocycles. The van der Waals surface area contributed by atoms with Crippen molar-refractivity contribution in [2.45, 2.75) is 16.8 Å². The van der Waals surface area contributed by atoms with Gasteiger partial charge in [-0.2, -0.15) is 4.98 Å². The van der Waals surface area contributed by atoms with Crippen molar-refractivity contribution in [3.8, 4) is 11.5 Å². The highest BCUT2D eigenvalue weighted by Gasteiger charge is 2.22. The standard InChI is InChI=1S/C16H12BrNO3S/c1-11-2-8-14(9-3-11)22(19,20)15-10-21-16(18-15)12-4-6-13(17)7-5-12/h2-10H,1H3. The number of hydrogen-bond acceptors (Lipinski definition) is 4. The van der Waals surface area contributed by atoms with Crippen LogP contribution in [0.3, 0.4) is 0 Å². The molecule has 4 nitrogen and oxygen atoms in total. The maximum Gasteiger partial charge on any atom is 0.227 e. The number of oxazole rings is 1. The third-order valence-electron chi connectivity index (χ3n) is 3.18. The topological polar surface area (TPSA) is 60.2 Å². The minimum atomic E-state index is -3.67. The van der Waals surface area contributed by atoms with E-state index < -0.39 is 9.84 Å². The van der Waals surface area contributed by atoms with Crippen molar-refractivity contribution in [3.05, 3.63) is 64.8 Å². The lowest BCUT2D eigenvalue weighted by Crippen LogP contribution is -2.02. The Morgan fingerprint density at radius 2 is 1.64 bits per heavy atom. The van der Waals surface area contributed by atoms with Crippen LogP contribution < -0.4 is 0 Å². The lowest BCUT2D eigenvalue weighted by molar-refractivity contribution is 0.566. The van der Waals surface area contributed by atoms with Gasteiger partial charge in [0.05, 0.1) is 4.90 Å². The number of aryl methyl sites for hydroxylation is 1. The van der Waals surface area contributed by atoms with Gasteiger partial charge < -0.3 is 4.42 Å². The number of rotatable bonds is 3. The number of benzene rings is 2. The minimum absolute atomic E-state index is 0.0886. The maximum absolute atomic E-state index is 12.5.